The number of hydrogen-bond acceptors (Lipinski definition) is 3. The third-order valence-electron chi connectivity index (χ3n) is 3.35. The highest BCUT2D eigenvalue weighted by Crippen LogP contribution is 2.18. The van der Waals surface area contributed by atoms with Crippen molar-refractivity contribution in [2.24, 2.45) is 0 Å². The minimum absolute atomic E-state index is 0.0800. The number of carbonyl (C=O) groups is 2. The van der Waals surface area contributed by atoms with Crippen LogP contribution in [0.1, 0.15) is 21.5 Å². The van der Waals surface area contributed by atoms with Crippen LogP contribution in [0.4, 0.5) is 5.69 Å². The standard InChI is InChI=1S/C18H15ClN2O3S/c1-11-14(17(23)24)3-2-4-15(11)20-18(25)21-16(22)10-7-12-5-8-13(19)9-6-12/h2-10H,1H3,(H,23,24)(H2,20,21,22,25). The second-order valence-electron chi connectivity index (χ2n) is 5.11. The monoisotopic (exact) mass is 374 g/mol. The summed E-state index contributed by atoms with van der Waals surface area (Å²) in [5, 5.41) is 15.1. The molecule has 7 heteroatoms. The van der Waals surface area contributed by atoms with Gasteiger partial charge in [0.15, 0.2) is 5.11 Å². The maximum atomic E-state index is 11.9. The number of halogens is 1. The number of rotatable bonds is 4. The second-order valence-corrected chi connectivity index (χ2v) is 5.96. The summed E-state index contributed by atoms with van der Waals surface area (Å²) in [6, 6.07) is 11.8. The fourth-order valence-electron chi connectivity index (χ4n) is 2.06. The predicted octanol–water partition coefficient (Wildman–Crippen LogP) is 3.87. The van der Waals surface area contributed by atoms with Crippen molar-refractivity contribution in [3.8, 4) is 0 Å². The summed E-state index contributed by atoms with van der Waals surface area (Å²) in [5.41, 5.74) is 2.04. The first-order valence-electron chi connectivity index (χ1n) is 7.25. The van der Waals surface area contributed by atoms with Crippen LogP contribution in [0.3, 0.4) is 0 Å². The van der Waals surface area contributed by atoms with Crippen LogP contribution in [0.2, 0.25) is 5.02 Å². The van der Waals surface area contributed by atoms with Crippen molar-refractivity contribution < 1.29 is 14.7 Å². The van der Waals surface area contributed by atoms with E-state index < -0.39 is 11.9 Å². The molecule has 25 heavy (non-hydrogen) atoms. The molecule has 0 saturated carbocycles. The van der Waals surface area contributed by atoms with Crippen LogP contribution in [-0.2, 0) is 4.79 Å². The number of carbonyl (C=O) groups excluding carboxylic acids is 1. The van der Waals surface area contributed by atoms with Gasteiger partial charge in [0.1, 0.15) is 0 Å². The van der Waals surface area contributed by atoms with E-state index in [9.17, 15) is 9.59 Å². The van der Waals surface area contributed by atoms with Gasteiger partial charge in [0.05, 0.1) is 5.56 Å². The Morgan fingerprint density at radius 3 is 2.48 bits per heavy atom. The van der Waals surface area contributed by atoms with E-state index >= 15 is 0 Å². The van der Waals surface area contributed by atoms with Crippen LogP contribution in [0.5, 0.6) is 0 Å². The molecule has 0 aliphatic rings. The molecule has 3 N–H and O–H groups in total. The minimum Gasteiger partial charge on any atom is -0.478 e. The highest BCUT2D eigenvalue weighted by Gasteiger charge is 2.11. The quantitative estimate of drug-likeness (QED) is 0.559. The third kappa shape index (κ3) is 5.41. The van der Waals surface area contributed by atoms with Gasteiger partial charge >= 0.3 is 5.97 Å². The molecule has 2 aromatic carbocycles. The zero-order valence-electron chi connectivity index (χ0n) is 13.2. The Kier molecular flexibility index (Phi) is 6.27. The fourth-order valence-corrected chi connectivity index (χ4v) is 2.39. The molecule has 0 saturated heterocycles. The first kappa shape index (κ1) is 18.6. The van der Waals surface area contributed by atoms with E-state index in [1.54, 1.807) is 49.4 Å². The van der Waals surface area contributed by atoms with Crippen molar-refractivity contribution in [3.63, 3.8) is 0 Å². The van der Waals surface area contributed by atoms with Gasteiger partial charge in [0.2, 0.25) is 5.91 Å². The lowest BCUT2D eigenvalue weighted by Crippen LogP contribution is -2.33. The van der Waals surface area contributed by atoms with Gasteiger partial charge in [0.25, 0.3) is 0 Å². The molecular weight excluding hydrogens is 360 g/mol. The van der Waals surface area contributed by atoms with E-state index in [2.05, 4.69) is 10.6 Å². The lowest BCUT2D eigenvalue weighted by Gasteiger charge is -2.12. The van der Waals surface area contributed by atoms with Crippen molar-refractivity contribution in [1.82, 2.24) is 5.32 Å². The topological polar surface area (TPSA) is 78.4 Å². The Morgan fingerprint density at radius 2 is 1.84 bits per heavy atom. The summed E-state index contributed by atoms with van der Waals surface area (Å²) in [5.74, 6) is -1.43. The van der Waals surface area contributed by atoms with Crippen molar-refractivity contribution in [3.05, 3.63) is 70.3 Å². The van der Waals surface area contributed by atoms with Gasteiger partial charge in [0, 0.05) is 16.8 Å². The van der Waals surface area contributed by atoms with Crippen LogP contribution < -0.4 is 10.6 Å². The van der Waals surface area contributed by atoms with Gasteiger partial charge in [-0.05, 0) is 60.6 Å². The molecule has 0 heterocycles. The number of amides is 1. The lowest BCUT2D eigenvalue weighted by atomic mass is 10.1. The highest BCUT2D eigenvalue weighted by atomic mass is 35.5. The van der Waals surface area contributed by atoms with E-state index in [-0.39, 0.29) is 10.7 Å². The van der Waals surface area contributed by atoms with Gasteiger partial charge in [-0.15, -0.1) is 0 Å². The smallest absolute Gasteiger partial charge is 0.336 e. The van der Waals surface area contributed by atoms with Crippen molar-refractivity contribution in [2.75, 3.05) is 5.32 Å². The number of benzene rings is 2. The molecule has 0 aliphatic heterocycles. The minimum atomic E-state index is -1.03. The Labute approximate surface area is 155 Å². The van der Waals surface area contributed by atoms with Crippen LogP contribution in [-0.4, -0.2) is 22.1 Å². The number of nitrogens with one attached hydrogen (secondary N) is 2. The zero-order valence-corrected chi connectivity index (χ0v) is 14.8. The summed E-state index contributed by atoms with van der Waals surface area (Å²) >= 11 is 10.9. The molecule has 128 valence electrons. The van der Waals surface area contributed by atoms with E-state index in [1.807, 2.05) is 0 Å². The molecular formula is C18H15ClN2O3S. The first-order chi connectivity index (χ1) is 11.9. The zero-order chi connectivity index (χ0) is 18.4. The number of anilines is 1. The number of carboxylic acid groups (broad SMARTS) is 1. The maximum Gasteiger partial charge on any atom is 0.336 e. The summed E-state index contributed by atoms with van der Waals surface area (Å²) in [6.07, 6.45) is 2.97. The van der Waals surface area contributed by atoms with Gasteiger partial charge in [-0.3, -0.25) is 10.1 Å². The summed E-state index contributed by atoms with van der Waals surface area (Å²) in [7, 11) is 0. The van der Waals surface area contributed by atoms with Crippen molar-refractivity contribution >= 4 is 52.6 Å². The molecule has 0 radical (unpaired) electrons. The van der Waals surface area contributed by atoms with Gasteiger partial charge in [-0.2, -0.15) is 0 Å². The van der Waals surface area contributed by atoms with E-state index in [4.69, 9.17) is 28.9 Å². The number of thiocarbonyl (C=S) groups is 1. The molecule has 0 spiro atoms. The molecule has 0 aromatic heterocycles. The average Bonchev–Trinajstić information content (AvgIpc) is 2.56. The number of carboxylic acids is 1. The van der Waals surface area contributed by atoms with Gasteiger partial charge < -0.3 is 10.4 Å². The second kappa shape index (κ2) is 8.41. The van der Waals surface area contributed by atoms with Crippen LogP contribution >= 0.6 is 23.8 Å². The Bertz CT molecular complexity index is 848. The molecule has 0 atom stereocenters. The maximum absolute atomic E-state index is 11.9. The molecule has 5 nitrogen and oxygen atoms in total. The fraction of sp³-hybridized carbons (Fsp3) is 0.0556. The third-order valence-corrected chi connectivity index (χ3v) is 3.80. The van der Waals surface area contributed by atoms with E-state index in [0.717, 1.165) is 5.56 Å². The molecule has 2 aromatic rings. The Hall–Kier alpha value is -2.70. The lowest BCUT2D eigenvalue weighted by molar-refractivity contribution is -0.115. The average molecular weight is 375 g/mol. The SMILES string of the molecule is Cc1c(NC(=S)NC(=O)C=Cc2ccc(Cl)cc2)cccc1C(=O)O. The normalized spacial score (nSPS) is 10.5. The van der Waals surface area contributed by atoms with Crippen LogP contribution in [0.15, 0.2) is 48.5 Å². The first-order valence-corrected chi connectivity index (χ1v) is 8.04. The molecule has 0 unspecified atom stereocenters. The molecule has 1 amide bonds. The van der Waals surface area contributed by atoms with Gasteiger partial charge in [-0.1, -0.05) is 29.8 Å². The van der Waals surface area contributed by atoms with Crippen LogP contribution in [0, 0.1) is 6.92 Å². The highest BCUT2D eigenvalue weighted by molar-refractivity contribution is 7.80. The molecule has 0 aliphatic carbocycles. The molecule has 2 rings (SSSR count). The van der Waals surface area contributed by atoms with Crippen molar-refractivity contribution in [2.45, 2.75) is 6.92 Å². The number of hydrogen-bond donors (Lipinski definition) is 3. The summed E-state index contributed by atoms with van der Waals surface area (Å²) in [4.78, 5) is 23.0. The predicted molar refractivity (Wildman–Crippen MR) is 103 cm³/mol. The molecule has 0 fully saturated rings. The Balaban J connectivity index is 1.98. The van der Waals surface area contributed by atoms with Crippen molar-refractivity contribution in [1.29, 1.82) is 0 Å². The van der Waals surface area contributed by atoms with Gasteiger partial charge in [-0.25, -0.2) is 4.79 Å². The van der Waals surface area contributed by atoms with E-state index in [1.165, 1.54) is 12.1 Å². The summed E-state index contributed by atoms with van der Waals surface area (Å²) in [6.45, 7) is 1.66. The number of aromatic carboxylic acids is 1. The summed E-state index contributed by atoms with van der Waals surface area (Å²) < 4.78 is 0. The van der Waals surface area contributed by atoms with E-state index in [0.29, 0.717) is 16.3 Å². The van der Waals surface area contributed by atoms with Crippen LogP contribution in [0.25, 0.3) is 6.08 Å². The largest absolute Gasteiger partial charge is 0.478 e. The molecule has 0 bridgehead atoms. The Morgan fingerprint density at radius 1 is 1.16 bits per heavy atom.